The summed E-state index contributed by atoms with van der Waals surface area (Å²) in [5.74, 6) is -1.51. The van der Waals surface area contributed by atoms with E-state index < -0.39 is 11.9 Å². The molecule has 4 rings (SSSR count). The molecule has 3 aliphatic rings. The number of allylic oxidation sites excluding steroid dienone is 4. The molecule has 0 radical (unpaired) electrons. The zero-order valence-electron chi connectivity index (χ0n) is 15.9. The standard InChI is InChI=1S/C22H22BrNO5/c23-12-7-8-16(25)13(11-12)20-21-14(3-1-5-17(21)26)24(10-9-19(28)29)15-4-2-6-18(27)22(15)20/h7-8,11,20,25H,1-6,9-10H2,(H,28,29). The monoisotopic (exact) mass is 459 g/mol. The van der Waals surface area contributed by atoms with Crippen LogP contribution in [0.1, 0.15) is 56.4 Å². The van der Waals surface area contributed by atoms with E-state index in [1.54, 1.807) is 18.2 Å². The number of phenolic OH excluding ortho intramolecular Hbond substituents is 1. The van der Waals surface area contributed by atoms with E-state index >= 15 is 0 Å². The van der Waals surface area contributed by atoms with Crippen LogP contribution in [0.5, 0.6) is 5.75 Å². The van der Waals surface area contributed by atoms with Crippen molar-refractivity contribution < 1.29 is 24.6 Å². The average Bonchev–Trinajstić information content (AvgIpc) is 2.68. The summed E-state index contributed by atoms with van der Waals surface area (Å²) in [6, 6.07) is 5.06. The predicted octanol–water partition coefficient (Wildman–Crippen LogP) is 4.04. The van der Waals surface area contributed by atoms with E-state index in [0.29, 0.717) is 55.2 Å². The minimum Gasteiger partial charge on any atom is -0.508 e. The van der Waals surface area contributed by atoms with Gasteiger partial charge in [0.05, 0.1) is 6.42 Å². The highest BCUT2D eigenvalue weighted by Gasteiger charge is 2.44. The van der Waals surface area contributed by atoms with Crippen LogP contribution in [0, 0.1) is 0 Å². The Morgan fingerprint density at radius 1 is 1.03 bits per heavy atom. The SMILES string of the molecule is O=C(O)CCN1C2=C(C(=O)CCC2)C(c2cc(Br)ccc2O)C2=C1CCCC2=O. The fourth-order valence-electron chi connectivity index (χ4n) is 4.76. The van der Waals surface area contributed by atoms with Gasteiger partial charge < -0.3 is 15.1 Å². The number of rotatable bonds is 4. The maximum Gasteiger partial charge on any atom is 0.305 e. The predicted molar refractivity (Wildman–Crippen MR) is 109 cm³/mol. The lowest BCUT2D eigenvalue weighted by molar-refractivity contribution is -0.137. The van der Waals surface area contributed by atoms with Gasteiger partial charge in [0, 0.05) is 57.9 Å². The van der Waals surface area contributed by atoms with Crippen LogP contribution < -0.4 is 0 Å². The van der Waals surface area contributed by atoms with Gasteiger partial charge in [-0.05, 0) is 43.9 Å². The largest absolute Gasteiger partial charge is 0.508 e. The molecule has 1 aromatic rings. The molecular weight excluding hydrogens is 438 g/mol. The molecule has 0 unspecified atom stereocenters. The van der Waals surface area contributed by atoms with Crippen LogP contribution in [0.4, 0.5) is 0 Å². The molecule has 0 saturated heterocycles. The normalized spacial score (nSPS) is 20.1. The fraction of sp³-hybridized carbons (Fsp3) is 0.409. The Balaban J connectivity index is 1.95. The van der Waals surface area contributed by atoms with Crippen molar-refractivity contribution >= 4 is 33.5 Å². The van der Waals surface area contributed by atoms with Gasteiger partial charge in [-0.3, -0.25) is 14.4 Å². The lowest BCUT2D eigenvalue weighted by atomic mass is 9.70. The smallest absolute Gasteiger partial charge is 0.305 e. The summed E-state index contributed by atoms with van der Waals surface area (Å²) in [4.78, 5) is 39.2. The van der Waals surface area contributed by atoms with Gasteiger partial charge in [-0.2, -0.15) is 0 Å². The molecule has 0 atom stereocenters. The van der Waals surface area contributed by atoms with Crippen molar-refractivity contribution in [3.63, 3.8) is 0 Å². The number of carbonyl (C=O) groups excluding carboxylic acids is 2. The van der Waals surface area contributed by atoms with Gasteiger partial charge in [-0.1, -0.05) is 15.9 Å². The van der Waals surface area contributed by atoms with E-state index in [2.05, 4.69) is 15.9 Å². The van der Waals surface area contributed by atoms with Crippen molar-refractivity contribution in [1.82, 2.24) is 4.90 Å². The van der Waals surface area contributed by atoms with Crippen molar-refractivity contribution in [3.8, 4) is 5.75 Å². The number of phenols is 1. The number of halogens is 1. The number of aliphatic carboxylic acids is 1. The molecular formula is C22H22BrNO5. The van der Waals surface area contributed by atoms with Crippen LogP contribution in [0.3, 0.4) is 0 Å². The Kier molecular flexibility index (Phi) is 5.34. The van der Waals surface area contributed by atoms with Crippen LogP contribution >= 0.6 is 15.9 Å². The molecule has 29 heavy (non-hydrogen) atoms. The Bertz CT molecular complexity index is 933. The van der Waals surface area contributed by atoms with Crippen LogP contribution in [-0.4, -0.2) is 39.2 Å². The Morgan fingerprint density at radius 3 is 2.17 bits per heavy atom. The summed E-state index contributed by atoms with van der Waals surface area (Å²) in [6.07, 6.45) is 3.46. The molecule has 0 saturated carbocycles. The maximum atomic E-state index is 13.0. The number of ketones is 2. The maximum absolute atomic E-state index is 13.0. The third-order valence-electron chi connectivity index (χ3n) is 5.94. The number of carbonyl (C=O) groups is 3. The molecule has 6 nitrogen and oxygen atoms in total. The molecule has 1 aromatic carbocycles. The van der Waals surface area contributed by atoms with Crippen molar-refractivity contribution in [2.75, 3.05) is 6.54 Å². The topological polar surface area (TPSA) is 94.9 Å². The summed E-state index contributed by atoms with van der Waals surface area (Å²) in [5, 5.41) is 19.8. The first-order valence-electron chi connectivity index (χ1n) is 9.88. The molecule has 0 aromatic heterocycles. The molecule has 0 fully saturated rings. The second kappa shape index (κ2) is 7.78. The minimum absolute atomic E-state index is 0.0270. The minimum atomic E-state index is -0.912. The Morgan fingerprint density at radius 2 is 1.62 bits per heavy atom. The number of aromatic hydroxyl groups is 1. The summed E-state index contributed by atoms with van der Waals surface area (Å²) in [5.41, 5.74) is 3.27. The van der Waals surface area contributed by atoms with Gasteiger partial charge in [0.15, 0.2) is 11.6 Å². The molecule has 0 amide bonds. The number of Topliss-reactive ketones (excluding diaryl/α,β-unsaturated/α-hetero) is 2. The summed E-state index contributed by atoms with van der Waals surface area (Å²) in [7, 11) is 0. The molecule has 2 N–H and O–H groups in total. The second-order valence-electron chi connectivity index (χ2n) is 7.71. The summed E-state index contributed by atoms with van der Waals surface area (Å²) < 4.78 is 0.759. The average molecular weight is 460 g/mol. The van der Waals surface area contributed by atoms with E-state index in [-0.39, 0.29) is 30.3 Å². The zero-order chi connectivity index (χ0) is 20.7. The van der Waals surface area contributed by atoms with E-state index in [0.717, 1.165) is 15.9 Å². The van der Waals surface area contributed by atoms with Gasteiger partial charge >= 0.3 is 5.97 Å². The lowest BCUT2D eigenvalue weighted by Crippen LogP contribution is -2.39. The second-order valence-corrected chi connectivity index (χ2v) is 8.62. The Hall–Kier alpha value is -2.41. The van der Waals surface area contributed by atoms with Crippen LogP contribution in [0.25, 0.3) is 0 Å². The van der Waals surface area contributed by atoms with Crippen molar-refractivity contribution in [2.45, 2.75) is 50.9 Å². The molecule has 0 bridgehead atoms. The van der Waals surface area contributed by atoms with Gasteiger partial charge in [-0.15, -0.1) is 0 Å². The fourth-order valence-corrected chi connectivity index (χ4v) is 5.14. The molecule has 0 spiro atoms. The molecule has 1 aliphatic heterocycles. The van der Waals surface area contributed by atoms with Gasteiger partial charge in [0.2, 0.25) is 0 Å². The quantitative estimate of drug-likeness (QED) is 0.705. The van der Waals surface area contributed by atoms with Gasteiger partial charge in [0.1, 0.15) is 5.75 Å². The molecule has 1 heterocycles. The van der Waals surface area contributed by atoms with E-state index in [1.165, 1.54) is 0 Å². The first-order valence-corrected chi connectivity index (χ1v) is 10.7. The third-order valence-corrected chi connectivity index (χ3v) is 6.43. The van der Waals surface area contributed by atoms with Crippen molar-refractivity contribution in [3.05, 3.63) is 50.8 Å². The number of hydrogen-bond donors (Lipinski definition) is 2. The van der Waals surface area contributed by atoms with Crippen molar-refractivity contribution in [2.24, 2.45) is 0 Å². The van der Waals surface area contributed by atoms with Crippen LogP contribution in [0.2, 0.25) is 0 Å². The molecule has 152 valence electrons. The van der Waals surface area contributed by atoms with E-state index in [1.807, 2.05) is 4.90 Å². The van der Waals surface area contributed by atoms with Crippen LogP contribution in [-0.2, 0) is 14.4 Å². The van der Waals surface area contributed by atoms with E-state index in [9.17, 15) is 24.6 Å². The summed E-state index contributed by atoms with van der Waals surface area (Å²) >= 11 is 3.43. The third kappa shape index (κ3) is 3.52. The van der Waals surface area contributed by atoms with Crippen LogP contribution in [0.15, 0.2) is 45.2 Å². The van der Waals surface area contributed by atoms with Crippen molar-refractivity contribution in [1.29, 1.82) is 0 Å². The highest BCUT2D eigenvalue weighted by Crippen LogP contribution is 2.50. The lowest BCUT2D eigenvalue weighted by Gasteiger charge is -2.44. The van der Waals surface area contributed by atoms with Gasteiger partial charge in [0.25, 0.3) is 0 Å². The number of nitrogens with zero attached hydrogens (tertiary/aromatic N) is 1. The summed E-state index contributed by atoms with van der Waals surface area (Å²) in [6.45, 7) is 0.241. The molecule has 7 heteroatoms. The highest BCUT2D eigenvalue weighted by atomic mass is 79.9. The number of carboxylic acid groups (broad SMARTS) is 1. The van der Waals surface area contributed by atoms with E-state index in [4.69, 9.17) is 0 Å². The number of benzene rings is 1. The zero-order valence-corrected chi connectivity index (χ0v) is 17.5. The van der Waals surface area contributed by atoms with Gasteiger partial charge in [-0.25, -0.2) is 0 Å². The first-order chi connectivity index (χ1) is 13.9. The number of carboxylic acids is 1. The number of hydrogen-bond acceptors (Lipinski definition) is 5. The highest BCUT2D eigenvalue weighted by molar-refractivity contribution is 9.10. The first kappa shape index (κ1) is 19.9. The Labute approximate surface area is 177 Å². The molecule has 2 aliphatic carbocycles.